The van der Waals surface area contributed by atoms with E-state index < -0.39 is 0 Å². The van der Waals surface area contributed by atoms with Gasteiger partial charge in [-0.2, -0.15) is 10.2 Å². The first-order chi connectivity index (χ1) is 12.5. The van der Waals surface area contributed by atoms with Crippen LogP contribution in [0.15, 0.2) is 31.4 Å². The highest BCUT2D eigenvalue weighted by Crippen LogP contribution is 2.39. The Labute approximate surface area is 154 Å². The molecule has 0 unspecified atom stereocenters. The summed E-state index contributed by atoms with van der Waals surface area (Å²) < 4.78 is 1.95. The molecule has 0 aliphatic carbocycles. The van der Waals surface area contributed by atoms with Crippen LogP contribution in [0.1, 0.15) is 48.1 Å². The smallest absolute Gasteiger partial charge is 0.272 e. The van der Waals surface area contributed by atoms with Crippen molar-refractivity contribution in [2.45, 2.75) is 52.1 Å². The predicted molar refractivity (Wildman–Crippen MR) is 103 cm³/mol. The lowest BCUT2D eigenvalue weighted by Gasteiger charge is -2.52. The van der Waals surface area contributed by atoms with Crippen molar-refractivity contribution in [2.75, 3.05) is 6.54 Å². The molecular weight excluding hydrogens is 326 g/mol. The van der Waals surface area contributed by atoms with Gasteiger partial charge in [0.2, 0.25) is 0 Å². The van der Waals surface area contributed by atoms with Crippen LogP contribution >= 0.6 is 0 Å². The minimum Gasteiger partial charge on any atom is -0.331 e. The lowest BCUT2D eigenvalue weighted by molar-refractivity contribution is -0.000529. The zero-order valence-electron chi connectivity index (χ0n) is 15.9. The van der Waals surface area contributed by atoms with Crippen molar-refractivity contribution in [3.8, 4) is 11.3 Å². The van der Waals surface area contributed by atoms with E-state index >= 15 is 0 Å². The van der Waals surface area contributed by atoms with Crippen molar-refractivity contribution in [3.63, 3.8) is 0 Å². The van der Waals surface area contributed by atoms with Gasteiger partial charge in [-0.05, 0) is 46.1 Å². The number of aromatic nitrogens is 4. The summed E-state index contributed by atoms with van der Waals surface area (Å²) in [7, 11) is 0. The summed E-state index contributed by atoms with van der Waals surface area (Å²) >= 11 is 0. The number of aryl methyl sites for hydroxylation is 2. The average Bonchev–Trinajstić information content (AvgIpc) is 3.18. The number of carbonyl (C=O) groups is 1. The topological polar surface area (TPSA) is 66.8 Å². The lowest BCUT2D eigenvalue weighted by atomic mass is 9.78. The SMILES string of the molecule is C=CCC1(CC=C)CCN1C(=O)c1cc(-c2c(C)nn(CC)c2C)n[nH]1. The number of H-pyrrole nitrogens is 1. The van der Waals surface area contributed by atoms with Crippen LogP contribution in [0.25, 0.3) is 11.3 Å². The molecule has 1 aliphatic rings. The second-order valence-electron chi connectivity index (χ2n) is 6.95. The molecule has 138 valence electrons. The summed E-state index contributed by atoms with van der Waals surface area (Å²) in [6, 6.07) is 1.84. The molecule has 26 heavy (non-hydrogen) atoms. The Morgan fingerprint density at radius 3 is 2.54 bits per heavy atom. The third kappa shape index (κ3) is 2.79. The maximum absolute atomic E-state index is 13.0. The minimum absolute atomic E-state index is 0.0168. The van der Waals surface area contributed by atoms with E-state index in [1.807, 2.05) is 41.6 Å². The average molecular weight is 353 g/mol. The van der Waals surface area contributed by atoms with E-state index in [0.717, 1.165) is 55.0 Å². The fourth-order valence-corrected chi connectivity index (χ4v) is 3.98. The predicted octanol–water partition coefficient (Wildman–Crippen LogP) is 3.65. The van der Waals surface area contributed by atoms with E-state index in [9.17, 15) is 4.79 Å². The molecule has 1 fully saturated rings. The first-order valence-electron chi connectivity index (χ1n) is 9.11. The number of rotatable bonds is 7. The molecular formula is C20H27N5O. The maximum atomic E-state index is 13.0. The Kier molecular flexibility index (Phi) is 4.85. The molecule has 2 aromatic rings. The first kappa shape index (κ1) is 18.2. The van der Waals surface area contributed by atoms with Crippen LogP contribution in [0.3, 0.4) is 0 Å². The number of hydrogen-bond donors (Lipinski definition) is 1. The molecule has 0 saturated carbocycles. The van der Waals surface area contributed by atoms with Crippen molar-refractivity contribution < 1.29 is 4.79 Å². The van der Waals surface area contributed by atoms with Crippen LogP contribution in [0.4, 0.5) is 0 Å². The Hall–Kier alpha value is -2.63. The molecule has 0 radical (unpaired) electrons. The first-order valence-corrected chi connectivity index (χ1v) is 9.11. The molecule has 1 N–H and O–H groups in total. The normalized spacial score (nSPS) is 15.6. The molecule has 1 aliphatic heterocycles. The fourth-order valence-electron chi connectivity index (χ4n) is 3.98. The minimum atomic E-state index is -0.190. The summed E-state index contributed by atoms with van der Waals surface area (Å²) in [6.07, 6.45) is 6.28. The summed E-state index contributed by atoms with van der Waals surface area (Å²) in [5.74, 6) is -0.0168. The Morgan fingerprint density at radius 1 is 1.35 bits per heavy atom. The molecule has 3 heterocycles. The summed E-state index contributed by atoms with van der Waals surface area (Å²) in [5, 5.41) is 11.9. The van der Waals surface area contributed by atoms with E-state index in [4.69, 9.17) is 0 Å². The number of nitrogens with one attached hydrogen (secondary N) is 1. The maximum Gasteiger partial charge on any atom is 0.272 e. The zero-order chi connectivity index (χ0) is 18.9. The highest BCUT2D eigenvalue weighted by molar-refractivity contribution is 5.94. The monoisotopic (exact) mass is 353 g/mol. The zero-order valence-corrected chi connectivity index (χ0v) is 15.9. The number of likely N-dealkylation sites (tertiary alicyclic amines) is 1. The number of amides is 1. The van der Waals surface area contributed by atoms with Crippen LogP contribution in [-0.4, -0.2) is 42.9 Å². The Morgan fingerprint density at radius 2 is 2.04 bits per heavy atom. The summed E-state index contributed by atoms with van der Waals surface area (Å²) in [5.41, 5.74) is 4.07. The van der Waals surface area contributed by atoms with Gasteiger partial charge in [-0.3, -0.25) is 14.6 Å². The van der Waals surface area contributed by atoms with Gasteiger partial charge in [0.15, 0.2) is 0 Å². The molecule has 1 amide bonds. The number of nitrogens with zero attached hydrogens (tertiary/aromatic N) is 4. The largest absolute Gasteiger partial charge is 0.331 e. The van der Waals surface area contributed by atoms with Gasteiger partial charge >= 0.3 is 0 Å². The van der Waals surface area contributed by atoms with Gasteiger partial charge in [0.1, 0.15) is 5.69 Å². The summed E-state index contributed by atoms with van der Waals surface area (Å²) in [4.78, 5) is 15.0. The van der Waals surface area contributed by atoms with Crippen molar-refractivity contribution in [2.24, 2.45) is 0 Å². The molecule has 0 spiro atoms. The third-order valence-electron chi connectivity index (χ3n) is 5.41. The van der Waals surface area contributed by atoms with Gasteiger partial charge in [-0.25, -0.2) is 0 Å². The Bertz CT molecular complexity index is 835. The lowest BCUT2D eigenvalue weighted by Crippen LogP contribution is -2.61. The van der Waals surface area contributed by atoms with E-state index in [-0.39, 0.29) is 11.4 Å². The number of aromatic amines is 1. The molecule has 0 atom stereocenters. The molecule has 6 nitrogen and oxygen atoms in total. The van der Waals surface area contributed by atoms with Gasteiger partial charge in [0.25, 0.3) is 5.91 Å². The third-order valence-corrected chi connectivity index (χ3v) is 5.41. The molecule has 0 aromatic carbocycles. The molecule has 2 aromatic heterocycles. The van der Waals surface area contributed by atoms with Crippen molar-refractivity contribution in [3.05, 3.63) is 48.5 Å². The van der Waals surface area contributed by atoms with Crippen molar-refractivity contribution in [1.82, 2.24) is 24.9 Å². The van der Waals surface area contributed by atoms with Crippen LogP contribution < -0.4 is 0 Å². The van der Waals surface area contributed by atoms with Crippen molar-refractivity contribution >= 4 is 5.91 Å². The van der Waals surface area contributed by atoms with Crippen LogP contribution in [0.5, 0.6) is 0 Å². The van der Waals surface area contributed by atoms with Crippen LogP contribution in [-0.2, 0) is 6.54 Å². The van der Waals surface area contributed by atoms with Crippen molar-refractivity contribution in [1.29, 1.82) is 0 Å². The van der Waals surface area contributed by atoms with E-state index in [2.05, 4.69) is 35.4 Å². The van der Waals surface area contributed by atoms with E-state index in [1.54, 1.807) is 0 Å². The highest BCUT2D eigenvalue weighted by atomic mass is 16.2. The number of carbonyl (C=O) groups excluding carboxylic acids is 1. The molecule has 3 rings (SSSR count). The second kappa shape index (κ2) is 6.94. The summed E-state index contributed by atoms with van der Waals surface area (Å²) in [6.45, 7) is 15.3. The van der Waals surface area contributed by atoms with Crippen LogP contribution in [0.2, 0.25) is 0 Å². The molecule has 0 bridgehead atoms. The quantitative estimate of drug-likeness (QED) is 0.773. The Balaban J connectivity index is 1.88. The number of hydrogen-bond acceptors (Lipinski definition) is 3. The van der Waals surface area contributed by atoms with Gasteiger partial charge in [0, 0.05) is 24.3 Å². The van der Waals surface area contributed by atoms with E-state index in [1.165, 1.54) is 0 Å². The van der Waals surface area contributed by atoms with Gasteiger partial charge in [0.05, 0.1) is 16.9 Å². The van der Waals surface area contributed by atoms with Gasteiger partial charge in [-0.1, -0.05) is 12.2 Å². The second-order valence-corrected chi connectivity index (χ2v) is 6.95. The van der Waals surface area contributed by atoms with Crippen LogP contribution in [0, 0.1) is 13.8 Å². The standard InChI is InChI=1S/C20H27N5O/c1-6-9-20(10-7-2)11-12-24(20)19(26)17-13-16(21-22-17)18-14(4)23-25(8-3)15(18)5/h6-7,13H,1-2,8-12H2,3-5H3,(H,21,22). The molecule has 1 saturated heterocycles. The molecule has 6 heteroatoms. The van der Waals surface area contributed by atoms with E-state index in [0.29, 0.717) is 5.69 Å². The highest BCUT2D eigenvalue weighted by Gasteiger charge is 2.46. The van der Waals surface area contributed by atoms with Gasteiger partial charge in [-0.15, -0.1) is 13.2 Å². The fraction of sp³-hybridized carbons (Fsp3) is 0.450. The van der Waals surface area contributed by atoms with Gasteiger partial charge < -0.3 is 4.90 Å².